The fraction of sp³-hybridized carbons (Fsp3) is 0.200. The lowest BCUT2D eigenvalue weighted by atomic mass is 9.81. The Bertz CT molecular complexity index is 682. The Balaban J connectivity index is 2.73. The summed E-state index contributed by atoms with van der Waals surface area (Å²) in [5.74, 6) is -2.90. The molecule has 0 fully saturated rings. The maximum Gasteiger partial charge on any atom is 0.163 e. The molecule has 20 heavy (non-hydrogen) atoms. The maximum atomic E-state index is 14.0. The normalized spacial score (nSPS) is 15.7. The first kappa shape index (κ1) is 13.8. The molecule has 0 radical (unpaired) electrons. The molecule has 1 aliphatic rings. The molecule has 1 aromatic rings. The highest BCUT2D eigenvalue weighted by Crippen LogP contribution is 2.38. The second kappa shape index (κ2) is 5.14. The van der Waals surface area contributed by atoms with Crippen LogP contribution in [0.5, 0.6) is 0 Å². The Kier molecular flexibility index (Phi) is 3.54. The Labute approximate surface area is 115 Å². The fourth-order valence-corrected chi connectivity index (χ4v) is 2.34. The van der Waals surface area contributed by atoms with Crippen molar-refractivity contribution in [3.05, 3.63) is 57.9 Å². The summed E-state index contributed by atoms with van der Waals surface area (Å²) in [7, 11) is 0. The number of halogens is 2. The predicted octanol–water partition coefficient (Wildman–Crippen LogP) is 3.25. The molecule has 0 aromatic heterocycles. The van der Waals surface area contributed by atoms with Crippen molar-refractivity contribution in [1.29, 1.82) is 10.5 Å². The summed E-state index contributed by atoms with van der Waals surface area (Å²) in [5, 5.41) is 21.4. The number of nitrogens with zero attached hydrogens (tertiary/aromatic N) is 2. The van der Waals surface area contributed by atoms with Crippen molar-refractivity contribution in [2.45, 2.75) is 19.8 Å². The Morgan fingerprint density at radius 3 is 2.10 bits per heavy atom. The van der Waals surface area contributed by atoms with Gasteiger partial charge in [-0.15, -0.1) is 0 Å². The van der Waals surface area contributed by atoms with Crippen molar-refractivity contribution < 1.29 is 8.78 Å². The SMILES string of the molecule is CC1=C(C#N)C(c2cccc(F)c2F)C(C#N)=C(C)N1. The molecule has 0 saturated heterocycles. The number of hydrogen-bond donors (Lipinski definition) is 1. The van der Waals surface area contributed by atoms with Crippen molar-refractivity contribution in [2.75, 3.05) is 0 Å². The Morgan fingerprint density at radius 2 is 1.60 bits per heavy atom. The molecule has 0 atom stereocenters. The number of hydrogen-bond acceptors (Lipinski definition) is 3. The highest BCUT2D eigenvalue weighted by atomic mass is 19.2. The molecule has 100 valence electrons. The van der Waals surface area contributed by atoms with Crippen LogP contribution < -0.4 is 5.32 Å². The number of dihydropyridines is 1. The second-order valence-electron chi connectivity index (χ2n) is 4.50. The van der Waals surface area contributed by atoms with Gasteiger partial charge in [-0.25, -0.2) is 8.78 Å². The van der Waals surface area contributed by atoms with Gasteiger partial charge in [0.1, 0.15) is 0 Å². The molecule has 1 heterocycles. The van der Waals surface area contributed by atoms with Gasteiger partial charge < -0.3 is 5.32 Å². The zero-order valence-corrected chi connectivity index (χ0v) is 11.0. The van der Waals surface area contributed by atoms with E-state index in [1.807, 2.05) is 12.1 Å². The van der Waals surface area contributed by atoms with E-state index in [1.165, 1.54) is 12.1 Å². The predicted molar refractivity (Wildman–Crippen MR) is 68.9 cm³/mol. The van der Waals surface area contributed by atoms with E-state index >= 15 is 0 Å². The molecule has 5 heteroatoms. The van der Waals surface area contributed by atoms with Crippen LogP contribution in [0, 0.1) is 34.3 Å². The Morgan fingerprint density at radius 1 is 1.05 bits per heavy atom. The number of allylic oxidation sites excluding steroid dienone is 4. The summed E-state index contributed by atoms with van der Waals surface area (Å²) in [6, 6.07) is 7.72. The molecule has 0 amide bonds. The van der Waals surface area contributed by atoms with Gasteiger partial charge in [0.2, 0.25) is 0 Å². The first-order chi connectivity index (χ1) is 9.51. The van der Waals surface area contributed by atoms with Crippen LogP contribution in [0.4, 0.5) is 8.78 Å². The van der Waals surface area contributed by atoms with E-state index in [0.29, 0.717) is 11.4 Å². The number of benzene rings is 1. The van der Waals surface area contributed by atoms with Gasteiger partial charge >= 0.3 is 0 Å². The minimum atomic E-state index is -1.03. The van der Waals surface area contributed by atoms with E-state index in [-0.39, 0.29) is 16.7 Å². The van der Waals surface area contributed by atoms with Gasteiger partial charge in [0, 0.05) is 17.0 Å². The molecule has 3 nitrogen and oxygen atoms in total. The van der Waals surface area contributed by atoms with E-state index < -0.39 is 17.6 Å². The third-order valence-electron chi connectivity index (χ3n) is 3.29. The van der Waals surface area contributed by atoms with Crippen LogP contribution >= 0.6 is 0 Å². The van der Waals surface area contributed by atoms with Crippen molar-refractivity contribution >= 4 is 0 Å². The molecule has 0 unspecified atom stereocenters. The van der Waals surface area contributed by atoms with Gasteiger partial charge in [-0.05, 0) is 19.9 Å². The lowest BCUT2D eigenvalue weighted by molar-refractivity contribution is 0.496. The van der Waals surface area contributed by atoms with Gasteiger partial charge in [-0.1, -0.05) is 12.1 Å². The Hall–Kier alpha value is -2.66. The first-order valence-corrected chi connectivity index (χ1v) is 5.94. The van der Waals surface area contributed by atoms with Gasteiger partial charge in [0.25, 0.3) is 0 Å². The molecule has 0 aliphatic carbocycles. The van der Waals surface area contributed by atoms with Gasteiger partial charge in [0.15, 0.2) is 11.6 Å². The first-order valence-electron chi connectivity index (χ1n) is 5.94. The average Bonchev–Trinajstić information content (AvgIpc) is 2.41. The van der Waals surface area contributed by atoms with Crippen molar-refractivity contribution in [2.24, 2.45) is 0 Å². The lowest BCUT2D eigenvalue weighted by Crippen LogP contribution is -2.24. The highest BCUT2D eigenvalue weighted by molar-refractivity contribution is 5.55. The zero-order chi connectivity index (χ0) is 14.9. The molecule has 2 rings (SSSR count). The molecule has 1 aliphatic heterocycles. The summed E-state index contributed by atoms with van der Waals surface area (Å²) >= 11 is 0. The monoisotopic (exact) mass is 271 g/mol. The van der Waals surface area contributed by atoms with Gasteiger partial charge in [0.05, 0.1) is 29.2 Å². The third-order valence-corrected chi connectivity index (χ3v) is 3.29. The van der Waals surface area contributed by atoms with E-state index in [1.54, 1.807) is 13.8 Å². The smallest absolute Gasteiger partial charge is 0.163 e. The highest BCUT2D eigenvalue weighted by Gasteiger charge is 2.31. The summed E-state index contributed by atoms with van der Waals surface area (Å²) in [4.78, 5) is 0. The van der Waals surface area contributed by atoms with Crippen LogP contribution in [0.2, 0.25) is 0 Å². The molecular formula is C15H11F2N3. The summed E-state index contributed by atoms with van der Waals surface area (Å²) in [5.41, 5.74) is 1.52. The van der Waals surface area contributed by atoms with Crippen LogP contribution in [-0.4, -0.2) is 0 Å². The van der Waals surface area contributed by atoms with Crippen LogP contribution in [0.15, 0.2) is 40.7 Å². The standard InChI is InChI=1S/C15H11F2N3/c1-8-11(6-18)14(12(7-19)9(2)20-8)10-4-3-5-13(16)15(10)17/h3-5,14,20H,1-2H3. The molecule has 1 N–H and O–H groups in total. The summed E-state index contributed by atoms with van der Waals surface area (Å²) in [6.45, 7) is 3.33. The molecule has 0 saturated carbocycles. The van der Waals surface area contributed by atoms with E-state index in [4.69, 9.17) is 0 Å². The molecular weight excluding hydrogens is 260 g/mol. The third kappa shape index (κ3) is 2.04. The molecule has 1 aromatic carbocycles. The average molecular weight is 271 g/mol. The van der Waals surface area contributed by atoms with E-state index in [0.717, 1.165) is 6.07 Å². The van der Waals surface area contributed by atoms with Crippen LogP contribution in [0.25, 0.3) is 0 Å². The quantitative estimate of drug-likeness (QED) is 0.853. The number of nitrogens with one attached hydrogen (secondary N) is 1. The van der Waals surface area contributed by atoms with Gasteiger partial charge in [-0.3, -0.25) is 0 Å². The fourth-order valence-electron chi connectivity index (χ4n) is 2.34. The van der Waals surface area contributed by atoms with Crippen LogP contribution in [0.1, 0.15) is 25.3 Å². The number of rotatable bonds is 1. The van der Waals surface area contributed by atoms with Crippen LogP contribution in [0.3, 0.4) is 0 Å². The minimum absolute atomic E-state index is 0.00157. The summed E-state index contributed by atoms with van der Waals surface area (Å²) in [6.07, 6.45) is 0. The lowest BCUT2D eigenvalue weighted by Gasteiger charge is -2.26. The van der Waals surface area contributed by atoms with Crippen molar-refractivity contribution in [3.63, 3.8) is 0 Å². The minimum Gasteiger partial charge on any atom is -0.361 e. The van der Waals surface area contributed by atoms with Crippen LogP contribution in [-0.2, 0) is 0 Å². The molecule has 0 spiro atoms. The maximum absolute atomic E-state index is 14.0. The van der Waals surface area contributed by atoms with Crippen molar-refractivity contribution in [1.82, 2.24) is 5.32 Å². The molecule has 0 bridgehead atoms. The number of nitriles is 2. The van der Waals surface area contributed by atoms with E-state index in [2.05, 4.69) is 5.32 Å². The second-order valence-corrected chi connectivity index (χ2v) is 4.50. The summed E-state index contributed by atoms with van der Waals surface area (Å²) < 4.78 is 27.4. The topological polar surface area (TPSA) is 59.6 Å². The van der Waals surface area contributed by atoms with Gasteiger partial charge in [-0.2, -0.15) is 10.5 Å². The van der Waals surface area contributed by atoms with Crippen molar-refractivity contribution in [3.8, 4) is 12.1 Å². The largest absolute Gasteiger partial charge is 0.361 e. The zero-order valence-electron chi connectivity index (χ0n) is 11.0. The van der Waals surface area contributed by atoms with E-state index in [9.17, 15) is 19.3 Å².